The highest BCUT2D eigenvalue weighted by Crippen LogP contribution is 2.42. The van der Waals surface area contributed by atoms with Crippen LogP contribution in [0.4, 0.5) is 4.79 Å². The molecule has 2 N–H and O–H groups in total. The number of ether oxygens (including phenoxy) is 1. The quantitative estimate of drug-likeness (QED) is 0.587. The van der Waals surface area contributed by atoms with Gasteiger partial charge in [0.25, 0.3) is 0 Å². The van der Waals surface area contributed by atoms with Gasteiger partial charge < -0.3 is 19.6 Å². The number of hydrogen-bond acceptors (Lipinski definition) is 4. The first-order valence-electron chi connectivity index (χ1n) is 9.46. The Labute approximate surface area is 159 Å². The molecule has 6 heteroatoms. The molecular formula is C20H35NO4Si. The van der Waals surface area contributed by atoms with Crippen LogP contribution >= 0.6 is 0 Å². The number of carbonyl (C=O) groups excluding carboxylic acids is 1. The van der Waals surface area contributed by atoms with Crippen molar-refractivity contribution in [3.8, 4) is 0 Å². The molecule has 1 amide bonds. The third-order valence-electron chi connectivity index (χ3n) is 5.00. The maximum absolute atomic E-state index is 12.0. The van der Waals surface area contributed by atoms with Gasteiger partial charge >= 0.3 is 6.09 Å². The van der Waals surface area contributed by atoms with Crippen LogP contribution in [-0.2, 0) is 15.8 Å². The molecule has 26 heavy (non-hydrogen) atoms. The van der Waals surface area contributed by atoms with E-state index < -0.39 is 20.5 Å². The highest BCUT2D eigenvalue weighted by molar-refractivity contribution is 6.77. The molecule has 0 radical (unpaired) electrons. The van der Waals surface area contributed by atoms with Crippen molar-refractivity contribution >= 4 is 14.4 Å². The van der Waals surface area contributed by atoms with E-state index >= 15 is 0 Å². The minimum atomic E-state index is -2.03. The Kier molecular flexibility index (Phi) is 9.33. The molecule has 0 heterocycles. The van der Waals surface area contributed by atoms with Crippen LogP contribution in [-0.4, -0.2) is 38.8 Å². The van der Waals surface area contributed by atoms with Crippen LogP contribution < -0.4 is 5.32 Å². The number of aliphatic hydroxyl groups is 1. The summed E-state index contributed by atoms with van der Waals surface area (Å²) in [7, 11) is -2.03. The van der Waals surface area contributed by atoms with Gasteiger partial charge in [0, 0.05) is 0 Å². The highest BCUT2D eigenvalue weighted by atomic mass is 28.4. The summed E-state index contributed by atoms with van der Waals surface area (Å²) in [6.07, 6.45) is -0.539. The van der Waals surface area contributed by atoms with Crippen LogP contribution in [0.15, 0.2) is 30.3 Å². The van der Waals surface area contributed by atoms with Crippen LogP contribution in [0.3, 0.4) is 0 Å². The Morgan fingerprint density at radius 2 is 1.58 bits per heavy atom. The first kappa shape index (κ1) is 22.7. The predicted octanol–water partition coefficient (Wildman–Crippen LogP) is 4.47. The van der Waals surface area contributed by atoms with E-state index in [2.05, 4.69) is 46.9 Å². The first-order valence-corrected chi connectivity index (χ1v) is 11.6. The Morgan fingerprint density at radius 1 is 1.04 bits per heavy atom. The summed E-state index contributed by atoms with van der Waals surface area (Å²) in [6, 6.07) is 9.03. The zero-order valence-electron chi connectivity index (χ0n) is 17.0. The number of aliphatic hydroxyl groups excluding tert-OH is 1. The second-order valence-electron chi connectivity index (χ2n) is 7.71. The minimum absolute atomic E-state index is 0.181. The lowest BCUT2D eigenvalue weighted by molar-refractivity contribution is 0.117. The number of hydrogen-bond donors (Lipinski definition) is 2. The summed E-state index contributed by atoms with van der Waals surface area (Å²) >= 11 is 0. The van der Waals surface area contributed by atoms with Crippen LogP contribution in [0, 0.1) is 0 Å². The molecule has 0 saturated carbocycles. The van der Waals surface area contributed by atoms with Crippen molar-refractivity contribution < 1.29 is 19.1 Å². The topological polar surface area (TPSA) is 67.8 Å². The van der Waals surface area contributed by atoms with Crippen molar-refractivity contribution in [1.82, 2.24) is 5.32 Å². The lowest BCUT2D eigenvalue weighted by Crippen LogP contribution is -2.51. The van der Waals surface area contributed by atoms with Gasteiger partial charge in [-0.25, -0.2) is 4.79 Å². The van der Waals surface area contributed by atoms with Gasteiger partial charge in [-0.15, -0.1) is 0 Å². The highest BCUT2D eigenvalue weighted by Gasteiger charge is 2.45. The number of rotatable bonds is 10. The normalized spacial score (nSPS) is 13.3. The summed E-state index contributed by atoms with van der Waals surface area (Å²) in [6.45, 7) is 13.6. The van der Waals surface area contributed by atoms with Crippen molar-refractivity contribution in [2.45, 2.75) is 70.8 Å². The van der Waals surface area contributed by atoms with Gasteiger partial charge in [-0.2, -0.15) is 0 Å². The zero-order chi connectivity index (χ0) is 19.7. The van der Waals surface area contributed by atoms with E-state index in [9.17, 15) is 9.90 Å². The molecule has 0 bridgehead atoms. The molecule has 1 rings (SSSR count). The molecule has 0 aliphatic carbocycles. The van der Waals surface area contributed by atoms with Gasteiger partial charge in [0.2, 0.25) is 0 Å². The first-order chi connectivity index (χ1) is 12.2. The van der Waals surface area contributed by atoms with Gasteiger partial charge in [-0.3, -0.25) is 0 Å². The third-order valence-corrected chi connectivity index (χ3v) is 11.1. The van der Waals surface area contributed by atoms with Crippen molar-refractivity contribution in [2.24, 2.45) is 0 Å². The Balaban J connectivity index is 2.61. The van der Waals surface area contributed by atoms with Gasteiger partial charge in [0.15, 0.2) is 8.32 Å². The molecule has 0 aromatic heterocycles. The molecule has 0 aliphatic heterocycles. The molecule has 148 valence electrons. The van der Waals surface area contributed by atoms with E-state index in [4.69, 9.17) is 9.16 Å². The van der Waals surface area contributed by atoms with E-state index in [-0.39, 0.29) is 13.2 Å². The summed E-state index contributed by atoms with van der Waals surface area (Å²) in [5.74, 6) is 0. The molecule has 1 atom stereocenters. The van der Waals surface area contributed by atoms with Gasteiger partial charge in [0.1, 0.15) is 6.61 Å². The molecule has 0 aliphatic rings. The fourth-order valence-corrected chi connectivity index (χ4v) is 9.31. The van der Waals surface area contributed by atoms with E-state index in [0.29, 0.717) is 23.2 Å². The van der Waals surface area contributed by atoms with Gasteiger partial charge in [-0.1, -0.05) is 71.9 Å². The monoisotopic (exact) mass is 381 g/mol. The predicted molar refractivity (Wildman–Crippen MR) is 108 cm³/mol. The molecule has 1 aromatic rings. The molecule has 0 spiro atoms. The van der Waals surface area contributed by atoms with Gasteiger partial charge in [-0.05, 0) is 22.2 Å². The largest absolute Gasteiger partial charge is 0.445 e. The molecule has 5 nitrogen and oxygen atoms in total. The molecule has 1 aromatic carbocycles. The van der Waals surface area contributed by atoms with Crippen molar-refractivity contribution in [3.05, 3.63) is 35.9 Å². The summed E-state index contributed by atoms with van der Waals surface area (Å²) < 4.78 is 11.7. The second-order valence-corrected chi connectivity index (χ2v) is 13.2. The SMILES string of the molecule is CC(C)[Si](OC[C@@H](CO)NC(=O)OCc1ccccc1)(C(C)C)C(C)C. The van der Waals surface area contributed by atoms with Crippen LogP contribution in [0.25, 0.3) is 0 Å². The van der Waals surface area contributed by atoms with Crippen LogP contribution in [0.1, 0.15) is 47.1 Å². The van der Waals surface area contributed by atoms with Gasteiger partial charge in [0.05, 0.1) is 19.3 Å². The third kappa shape index (κ3) is 6.11. The number of nitrogens with one attached hydrogen (secondary N) is 1. The second kappa shape index (κ2) is 10.7. The molecular weight excluding hydrogens is 346 g/mol. The van der Waals surface area contributed by atoms with E-state index in [0.717, 1.165) is 5.56 Å². The van der Waals surface area contributed by atoms with Crippen molar-refractivity contribution in [3.63, 3.8) is 0 Å². The van der Waals surface area contributed by atoms with Crippen LogP contribution in [0.2, 0.25) is 16.6 Å². The number of benzene rings is 1. The summed E-state index contributed by atoms with van der Waals surface area (Å²) in [5, 5.41) is 12.4. The standard InChI is InChI=1S/C20H35NO4Si/c1-15(2)26(16(3)4,17(5)6)25-14-19(12-22)21-20(23)24-13-18-10-8-7-9-11-18/h7-11,15-17,19,22H,12-14H2,1-6H3,(H,21,23)/t19-/m1/s1. The molecule has 0 fully saturated rings. The molecule has 0 saturated heterocycles. The zero-order valence-corrected chi connectivity index (χ0v) is 18.0. The summed E-state index contributed by atoms with van der Waals surface area (Å²) in [5.41, 5.74) is 2.27. The lowest BCUT2D eigenvalue weighted by atomic mass is 10.2. The number of carbonyl (C=O) groups is 1. The Hall–Kier alpha value is -1.37. The minimum Gasteiger partial charge on any atom is -0.445 e. The van der Waals surface area contributed by atoms with E-state index in [1.165, 1.54) is 0 Å². The Morgan fingerprint density at radius 3 is 2.04 bits per heavy atom. The fraction of sp³-hybridized carbons (Fsp3) is 0.650. The maximum Gasteiger partial charge on any atom is 0.407 e. The van der Waals surface area contributed by atoms with Crippen molar-refractivity contribution in [2.75, 3.05) is 13.2 Å². The smallest absolute Gasteiger partial charge is 0.407 e. The maximum atomic E-state index is 12.0. The Bertz CT molecular complexity index is 512. The number of alkyl carbamates (subject to hydrolysis) is 1. The fourth-order valence-electron chi connectivity index (χ4n) is 3.82. The van der Waals surface area contributed by atoms with E-state index in [1.54, 1.807) is 0 Å². The van der Waals surface area contributed by atoms with E-state index in [1.807, 2.05) is 30.3 Å². The summed E-state index contributed by atoms with van der Waals surface area (Å²) in [4.78, 5) is 12.0. The average Bonchev–Trinajstić information content (AvgIpc) is 2.59. The molecule has 0 unspecified atom stereocenters. The average molecular weight is 382 g/mol. The lowest BCUT2D eigenvalue weighted by Gasteiger charge is -2.42. The number of amides is 1. The van der Waals surface area contributed by atoms with Crippen molar-refractivity contribution in [1.29, 1.82) is 0 Å². The van der Waals surface area contributed by atoms with Crippen LogP contribution in [0.5, 0.6) is 0 Å².